The SMILES string of the molecule is CC(C)(C)C(=O)N1CCCC(C(=O)NCC(c2ccc(C(F)(F)F)cc2)N2CCOCC2)C1. The molecule has 184 valence electrons. The van der Waals surface area contributed by atoms with Gasteiger partial charge in [-0.3, -0.25) is 14.5 Å². The van der Waals surface area contributed by atoms with Gasteiger partial charge in [0.25, 0.3) is 0 Å². The number of likely N-dealkylation sites (tertiary alicyclic amines) is 1. The van der Waals surface area contributed by atoms with Gasteiger partial charge in [0.05, 0.1) is 30.7 Å². The minimum atomic E-state index is -4.39. The number of hydrogen-bond donors (Lipinski definition) is 1. The van der Waals surface area contributed by atoms with Gasteiger partial charge in [-0.2, -0.15) is 13.2 Å². The lowest BCUT2D eigenvalue weighted by Crippen LogP contribution is -2.50. The van der Waals surface area contributed by atoms with Crippen LogP contribution in [0.1, 0.15) is 50.8 Å². The number of piperidine rings is 1. The van der Waals surface area contributed by atoms with Crippen molar-refractivity contribution in [1.29, 1.82) is 0 Å². The number of amides is 2. The van der Waals surface area contributed by atoms with Crippen LogP contribution in [0.3, 0.4) is 0 Å². The molecule has 0 aliphatic carbocycles. The fraction of sp³-hybridized carbons (Fsp3) is 0.667. The Morgan fingerprint density at radius 1 is 1.09 bits per heavy atom. The molecule has 2 fully saturated rings. The molecule has 6 nitrogen and oxygen atoms in total. The summed E-state index contributed by atoms with van der Waals surface area (Å²) >= 11 is 0. The van der Waals surface area contributed by atoms with Gasteiger partial charge in [-0.05, 0) is 30.5 Å². The molecule has 3 rings (SSSR count). The third-order valence-electron chi connectivity index (χ3n) is 6.30. The molecule has 0 bridgehead atoms. The van der Waals surface area contributed by atoms with Gasteiger partial charge in [-0.1, -0.05) is 32.9 Å². The first-order valence-corrected chi connectivity index (χ1v) is 11.5. The zero-order valence-corrected chi connectivity index (χ0v) is 19.6. The number of benzene rings is 1. The maximum absolute atomic E-state index is 13.0. The largest absolute Gasteiger partial charge is 0.416 e. The number of nitrogens with one attached hydrogen (secondary N) is 1. The summed E-state index contributed by atoms with van der Waals surface area (Å²) in [5, 5.41) is 3.01. The number of hydrogen-bond acceptors (Lipinski definition) is 4. The van der Waals surface area contributed by atoms with Crippen LogP contribution in [0.15, 0.2) is 24.3 Å². The van der Waals surface area contributed by atoms with Crippen LogP contribution in [0.5, 0.6) is 0 Å². The summed E-state index contributed by atoms with van der Waals surface area (Å²) in [7, 11) is 0. The molecule has 2 aliphatic rings. The molecule has 2 heterocycles. The van der Waals surface area contributed by atoms with Gasteiger partial charge in [0.1, 0.15) is 0 Å². The van der Waals surface area contributed by atoms with E-state index in [0.717, 1.165) is 24.1 Å². The monoisotopic (exact) mass is 469 g/mol. The van der Waals surface area contributed by atoms with Crippen molar-refractivity contribution < 1.29 is 27.5 Å². The minimum absolute atomic E-state index is 0.0379. The van der Waals surface area contributed by atoms with Crippen LogP contribution in [0.4, 0.5) is 13.2 Å². The first-order valence-electron chi connectivity index (χ1n) is 11.5. The third-order valence-corrected chi connectivity index (χ3v) is 6.30. The van der Waals surface area contributed by atoms with Crippen LogP contribution in [0.25, 0.3) is 0 Å². The van der Waals surface area contributed by atoms with Crippen molar-refractivity contribution in [3.05, 3.63) is 35.4 Å². The quantitative estimate of drug-likeness (QED) is 0.717. The Bertz CT molecular complexity index is 815. The summed E-state index contributed by atoms with van der Waals surface area (Å²) in [4.78, 5) is 29.5. The summed E-state index contributed by atoms with van der Waals surface area (Å²) in [6.07, 6.45) is -2.91. The molecule has 9 heteroatoms. The molecule has 0 aromatic heterocycles. The Labute approximate surface area is 193 Å². The maximum Gasteiger partial charge on any atom is 0.416 e. The number of ether oxygens (including phenoxy) is 1. The standard InChI is InChI=1S/C24H34F3N3O3/c1-23(2,3)22(32)30-10-4-5-18(16-30)21(31)28-15-20(29-11-13-33-14-12-29)17-6-8-19(9-7-17)24(25,26)27/h6-9,18,20H,4-5,10-16H2,1-3H3,(H,28,31). The van der Waals surface area contributed by atoms with Crippen LogP contribution in [-0.4, -0.2) is 67.6 Å². The van der Waals surface area contributed by atoms with Crippen LogP contribution < -0.4 is 5.32 Å². The third kappa shape index (κ3) is 6.69. The molecular formula is C24H34F3N3O3. The molecule has 0 radical (unpaired) electrons. The summed E-state index contributed by atoms with van der Waals surface area (Å²) in [5.41, 5.74) is -0.470. The van der Waals surface area contributed by atoms with E-state index in [0.29, 0.717) is 45.8 Å². The number of carbonyl (C=O) groups excluding carboxylic acids is 2. The summed E-state index contributed by atoms with van der Waals surface area (Å²) < 4.78 is 44.4. The average molecular weight is 470 g/mol. The smallest absolute Gasteiger partial charge is 0.379 e. The van der Waals surface area contributed by atoms with E-state index in [2.05, 4.69) is 10.2 Å². The maximum atomic E-state index is 13.0. The Kier molecular flexibility index (Phi) is 8.05. The van der Waals surface area contributed by atoms with Crippen molar-refractivity contribution in [3.8, 4) is 0 Å². The topological polar surface area (TPSA) is 61.9 Å². The molecule has 1 aromatic rings. The normalized spacial score (nSPS) is 21.5. The highest BCUT2D eigenvalue weighted by Gasteiger charge is 2.34. The van der Waals surface area contributed by atoms with Gasteiger partial charge in [-0.15, -0.1) is 0 Å². The molecule has 0 spiro atoms. The minimum Gasteiger partial charge on any atom is -0.379 e. The summed E-state index contributed by atoms with van der Waals surface area (Å²) in [5.74, 6) is -0.370. The molecule has 2 aliphatic heterocycles. The second kappa shape index (κ2) is 10.4. The molecule has 2 atom stereocenters. The lowest BCUT2D eigenvalue weighted by atomic mass is 9.91. The first-order chi connectivity index (χ1) is 15.5. The van der Waals surface area contributed by atoms with Gasteiger partial charge in [-0.25, -0.2) is 0 Å². The van der Waals surface area contributed by atoms with E-state index in [1.54, 1.807) is 4.90 Å². The van der Waals surface area contributed by atoms with Crippen molar-refractivity contribution >= 4 is 11.8 Å². The second-order valence-electron chi connectivity index (χ2n) is 9.87. The van der Waals surface area contributed by atoms with E-state index < -0.39 is 17.2 Å². The number of nitrogens with zero attached hydrogens (tertiary/aromatic N) is 2. The van der Waals surface area contributed by atoms with Crippen LogP contribution in [-0.2, 0) is 20.5 Å². The number of morpholine rings is 1. The number of halogens is 3. The predicted molar refractivity (Wildman–Crippen MR) is 118 cm³/mol. The molecule has 2 saturated heterocycles. The van der Waals surface area contributed by atoms with Crippen LogP contribution >= 0.6 is 0 Å². The first kappa shape index (κ1) is 25.5. The van der Waals surface area contributed by atoms with Gasteiger partial charge < -0.3 is 15.0 Å². The van der Waals surface area contributed by atoms with Crippen molar-refractivity contribution in [1.82, 2.24) is 15.1 Å². The van der Waals surface area contributed by atoms with Gasteiger partial charge in [0.2, 0.25) is 11.8 Å². The lowest BCUT2D eigenvalue weighted by molar-refractivity contribution is -0.143. The number of rotatable bonds is 5. The van der Waals surface area contributed by atoms with E-state index in [4.69, 9.17) is 4.74 Å². The highest BCUT2D eigenvalue weighted by atomic mass is 19.4. The fourth-order valence-corrected chi connectivity index (χ4v) is 4.43. The van der Waals surface area contributed by atoms with E-state index >= 15 is 0 Å². The summed E-state index contributed by atoms with van der Waals surface area (Å²) in [6.45, 7) is 9.30. The van der Waals surface area contributed by atoms with E-state index in [9.17, 15) is 22.8 Å². The van der Waals surface area contributed by atoms with Gasteiger partial charge in [0, 0.05) is 38.1 Å². The average Bonchev–Trinajstić information content (AvgIpc) is 2.78. The highest BCUT2D eigenvalue weighted by molar-refractivity contribution is 5.83. The van der Waals surface area contributed by atoms with E-state index in [-0.39, 0.29) is 30.3 Å². The molecule has 33 heavy (non-hydrogen) atoms. The highest BCUT2D eigenvalue weighted by Crippen LogP contribution is 2.31. The van der Waals surface area contributed by atoms with E-state index in [1.807, 2.05) is 20.8 Å². The molecule has 0 saturated carbocycles. The Morgan fingerprint density at radius 3 is 2.30 bits per heavy atom. The molecular weight excluding hydrogens is 435 g/mol. The van der Waals surface area contributed by atoms with Crippen molar-refractivity contribution in [2.45, 2.75) is 45.8 Å². The zero-order valence-electron chi connectivity index (χ0n) is 19.6. The lowest BCUT2D eigenvalue weighted by Gasteiger charge is -2.37. The number of alkyl halides is 3. The molecule has 2 unspecified atom stereocenters. The van der Waals surface area contributed by atoms with Crippen molar-refractivity contribution in [2.24, 2.45) is 11.3 Å². The van der Waals surface area contributed by atoms with E-state index in [1.165, 1.54) is 12.1 Å². The molecule has 1 aromatic carbocycles. The fourth-order valence-electron chi connectivity index (χ4n) is 4.43. The predicted octanol–water partition coefficient (Wildman–Crippen LogP) is 3.48. The zero-order chi connectivity index (χ0) is 24.2. The van der Waals surface area contributed by atoms with Crippen LogP contribution in [0, 0.1) is 11.3 Å². The Balaban J connectivity index is 1.67. The van der Waals surface area contributed by atoms with Gasteiger partial charge >= 0.3 is 6.18 Å². The Hall–Kier alpha value is -2.13. The molecule has 1 N–H and O–H groups in total. The van der Waals surface area contributed by atoms with Crippen molar-refractivity contribution in [2.75, 3.05) is 45.9 Å². The second-order valence-corrected chi connectivity index (χ2v) is 9.87. The van der Waals surface area contributed by atoms with Crippen LogP contribution in [0.2, 0.25) is 0 Å². The summed E-state index contributed by atoms with van der Waals surface area (Å²) in [6, 6.07) is 4.89. The van der Waals surface area contributed by atoms with Crippen molar-refractivity contribution in [3.63, 3.8) is 0 Å². The van der Waals surface area contributed by atoms with Gasteiger partial charge in [0.15, 0.2) is 0 Å². The Morgan fingerprint density at radius 2 is 1.73 bits per heavy atom. The number of carbonyl (C=O) groups is 2. The molecule has 2 amide bonds.